The summed E-state index contributed by atoms with van der Waals surface area (Å²) in [7, 11) is 3.95. The van der Waals surface area contributed by atoms with Gasteiger partial charge >= 0.3 is 0 Å². The molecule has 0 aliphatic carbocycles. The van der Waals surface area contributed by atoms with Gasteiger partial charge in [0.05, 0.1) is 25.4 Å². The van der Waals surface area contributed by atoms with Crippen molar-refractivity contribution in [3.05, 3.63) is 34.6 Å². The number of likely N-dealkylation sites (N-methyl/N-ethyl adjacent to an activating group) is 1. The van der Waals surface area contributed by atoms with E-state index < -0.39 is 5.82 Å². The summed E-state index contributed by atoms with van der Waals surface area (Å²) in [6.45, 7) is 2.36. The largest absolute Gasteiger partial charge is 0.379 e. The molecule has 1 aliphatic rings. The monoisotopic (exact) mass is 344 g/mol. The third-order valence-corrected chi connectivity index (χ3v) is 3.82. The van der Waals surface area contributed by atoms with Crippen LogP contribution in [0.4, 0.5) is 4.39 Å². The van der Waals surface area contributed by atoms with Crippen molar-refractivity contribution >= 4 is 17.5 Å². The number of rotatable bonds is 6. The number of carbonyl (C=O) groups excluding carboxylic acids is 1. The quantitative estimate of drug-likeness (QED) is 0.857. The van der Waals surface area contributed by atoms with Crippen molar-refractivity contribution in [1.29, 1.82) is 0 Å². The molecule has 0 bridgehead atoms. The van der Waals surface area contributed by atoms with E-state index in [2.05, 4.69) is 5.32 Å². The lowest BCUT2D eigenvalue weighted by atomic mass is 10.1. The lowest BCUT2D eigenvalue weighted by Crippen LogP contribution is -2.51. The third kappa shape index (κ3) is 5.73. The molecule has 7 heteroatoms. The highest BCUT2D eigenvalue weighted by Gasteiger charge is 2.28. The van der Waals surface area contributed by atoms with Gasteiger partial charge in [0.1, 0.15) is 5.82 Å². The molecule has 1 aromatic carbocycles. The van der Waals surface area contributed by atoms with E-state index in [-0.39, 0.29) is 28.6 Å². The van der Waals surface area contributed by atoms with Crippen molar-refractivity contribution in [2.45, 2.75) is 18.6 Å². The summed E-state index contributed by atoms with van der Waals surface area (Å²) >= 11 is 5.79. The SMILES string of the molecule is CN(C)CCO[C@H]1CCOC[C@H]1NC(=O)c1cc(F)cc(Cl)c1. The Kier molecular flexibility index (Phi) is 6.77. The molecule has 1 fully saturated rings. The van der Waals surface area contributed by atoms with Crippen molar-refractivity contribution in [2.75, 3.05) is 40.5 Å². The van der Waals surface area contributed by atoms with Crippen LogP contribution < -0.4 is 5.32 Å². The summed E-state index contributed by atoms with van der Waals surface area (Å²) in [4.78, 5) is 14.3. The van der Waals surface area contributed by atoms with Gasteiger partial charge < -0.3 is 19.7 Å². The van der Waals surface area contributed by atoms with Crippen LogP contribution in [0.5, 0.6) is 0 Å². The van der Waals surface area contributed by atoms with E-state index in [1.165, 1.54) is 6.07 Å². The molecule has 1 heterocycles. The maximum atomic E-state index is 13.4. The van der Waals surface area contributed by atoms with Gasteiger partial charge in [-0.3, -0.25) is 4.79 Å². The standard InChI is InChI=1S/C16H22ClFN2O3/c1-20(2)4-6-23-15-3-5-22-10-14(15)19-16(21)11-7-12(17)9-13(18)8-11/h7-9,14-15H,3-6,10H2,1-2H3,(H,19,21)/t14-,15+/m1/s1. The summed E-state index contributed by atoms with van der Waals surface area (Å²) in [5, 5.41) is 3.04. The van der Waals surface area contributed by atoms with Crippen LogP contribution in [-0.2, 0) is 9.47 Å². The van der Waals surface area contributed by atoms with Crippen LogP contribution in [0.2, 0.25) is 5.02 Å². The van der Waals surface area contributed by atoms with Crippen molar-refractivity contribution in [2.24, 2.45) is 0 Å². The number of ether oxygens (including phenoxy) is 2. The number of halogens is 2. The predicted octanol–water partition coefficient (Wildman–Crippen LogP) is 1.94. The molecule has 1 aliphatic heterocycles. The topological polar surface area (TPSA) is 50.8 Å². The van der Waals surface area contributed by atoms with Crippen LogP contribution in [0.3, 0.4) is 0 Å². The zero-order chi connectivity index (χ0) is 16.8. The molecule has 1 N–H and O–H groups in total. The molecule has 128 valence electrons. The minimum Gasteiger partial charge on any atom is -0.379 e. The van der Waals surface area contributed by atoms with Gasteiger partial charge in [-0.05, 0) is 38.7 Å². The minimum atomic E-state index is -0.540. The Balaban J connectivity index is 1.96. The van der Waals surface area contributed by atoms with Crippen molar-refractivity contribution < 1.29 is 18.7 Å². The molecule has 2 atom stereocenters. The molecule has 23 heavy (non-hydrogen) atoms. The summed E-state index contributed by atoms with van der Waals surface area (Å²) < 4.78 is 24.6. The lowest BCUT2D eigenvalue weighted by Gasteiger charge is -2.32. The number of hydrogen-bond acceptors (Lipinski definition) is 4. The summed E-state index contributed by atoms with van der Waals surface area (Å²) in [5.41, 5.74) is 0.188. The number of carbonyl (C=O) groups is 1. The van der Waals surface area contributed by atoms with E-state index in [0.717, 1.165) is 18.7 Å². The van der Waals surface area contributed by atoms with Crippen molar-refractivity contribution in [3.8, 4) is 0 Å². The Labute approximate surface area is 140 Å². The smallest absolute Gasteiger partial charge is 0.251 e. The van der Waals surface area contributed by atoms with Gasteiger partial charge in [0.15, 0.2) is 0 Å². The highest BCUT2D eigenvalue weighted by molar-refractivity contribution is 6.31. The second-order valence-electron chi connectivity index (χ2n) is 5.81. The highest BCUT2D eigenvalue weighted by atomic mass is 35.5. The number of benzene rings is 1. The van der Waals surface area contributed by atoms with E-state index in [1.54, 1.807) is 0 Å². The van der Waals surface area contributed by atoms with Crippen LogP contribution in [0.15, 0.2) is 18.2 Å². The molecule has 2 rings (SSSR count). The number of hydrogen-bond donors (Lipinski definition) is 1. The minimum absolute atomic E-state index is 0.114. The molecular formula is C16H22ClFN2O3. The number of nitrogens with one attached hydrogen (secondary N) is 1. The van der Waals surface area contributed by atoms with Crippen LogP contribution in [-0.4, -0.2) is 63.4 Å². The summed E-state index contributed by atoms with van der Waals surface area (Å²) in [5.74, 6) is -0.926. The molecular weight excluding hydrogens is 323 g/mol. The van der Waals surface area contributed by atoms with E-state index in [9.17, 15) is 9.18 Å². The van der Waals surface area contributed by atoms with Gasteiger partial charge in [-0.15, -0.1) is 0 Å². The highest BCUT2D eigenvalue weighted by Crippen LogP contribution is 2.16. The van der Waals surface area contributed by atoms with Crippen LogP contribution in [0.25, 0.3) is 0 Å². The van der Waals surface area contributed by atoms with Crippen LogP contribution >= 0.6 is 11.6 Å². The fourth-order valence-electron chi connectivity index (χ4n) is 2.38. The lowest BCUT2D eigenvalue weighted by molar-refractivity contribution is -0.0561. The van der Waals surface area contributed by atoms with E-state index in [1.807, 2.05) is 19.0 Å². The molecule has 1 amide bonds. The average Bonchev–Trinajstić information content (AvgIpc) is 2.47. The number of amides is 1. The fraction of sp³-hybridized carbons (Fsp3) is 0.562. The molecule has 5 nitrogen and oxygen atoms in total. The zero-order valence-corrected chi connectivity index (χ0v) is 14.1. The first-order valence-corrected chi connectivity index (χ1v) is 7.94. The Bertz CT molecular complexity index is 522. The second kappa shape index (κ2) is 8.59. The predicted molar refractivity (Wildman–Crippen MR) is 86.4 cm³/mol. The Hall–Kier alpha value is -1.21. The van der Waals surface area contributed by atoms with Gasteiger partial charge in [0.2, 0.25) is 0 Å². The normalized spacial score (nSPS) is 21.4. The first-order valence-electron chi connectivity index (χ1n) is 7.57. The van der Waals surface area contributed by atoms with Gasteiger partial charge in [0.25, 0.3) is 5.91 Å². The third-order valence-electron chi connectivity index (χ3n) is 3.60. The van der Waals surface area contributed by atoms with Gasteiger partial charge in [-0.25, -0.2) is 4.39 Å². The molecule has 0 spiro atoms. The Morgan fingerprint density at radius 3 is 2.96 bits per heavy atom. The van der Waals surface area contributed by atoms with Crippen molar-refractivity contribution in [1.82, 2.24) is 10.2 Å². The maximum absolute atomic E-state index is 13.4. The van der Waals surface area contributed by atoms with Crippen LogP contribution in [0, 0.1) is 5.82 Å². The van der Waals surface area contributed by atoms with Gasteiger partial charge in [-0.1, -0.05) is 11.6 Å². The maximum Gasteiger partial charge on any atom is 0.251 e. The van der Waals surface area contributed by atoms with Crippen molar-refractivity contribution in [3.63, 3.8) is 0 Å². The molecule has 0 saturated carbocycles. The van der Waals surface area contributed by atoms with Crippen LogP contribution in [0.1, 0.15) is 16.8 Å². The Morgan fingerprint density at radius 2 is 2.26 bits per heavy atom. The molecule has 0 radical (unpaired) electrons. The molecule has 1 aromatic rings. The second-order valence-corrected chi connectivity index (χ2v) is 6.25. The van der Waals surface area contributed by atoms with E-state index in [4.69, 9.17) is 21.1 Å². The average molecular weight is 345 g/mol. The summed E-state index contributed by atoms with van der Waals surface area (Å²) in [6, 6.07) is 3.49. The van der Waals surface area contributed by atoms with Gasteiger partial charge in [-0.2, -0.15) is 0 Å². The fourth-order valence-corrected chi connectivity index (χ4v) is 2.60. The zero-order valence-electron chi connectivity index (χ0n) is 13.4. The first-order chi connectivity index (χ1) is 11.0. The molecule has 0 aromatic heterocycles. The van der Waals surface area contributed by atoms with E-state index >= 15 is 0 Å². The Morgan fingerprint density at radius 1 is 1.48 bits per heavy atom. The summed E-state index contributed by atoms with van der Waals surface area (Å²) in [6.07, 6.45) is 0.596. The first kappa shape index (κ1) is 18.1. The molecule has 0 unspecified atom stereocenters. The van der Waals surface area contributed by atoms with Gasteiger partial charge in [0, 0.05) is 23.7 Å². The van der Waals surface area contributed by atoms with E-state index in [0.29, 0.717) is 26.2 Å². The molecule has 1 saturated heterocycles. The number of nitrogens with zero attached hydrogens (tertiary/aromatic N) is 1.